The molecule has 1 saturated heterocycles. The van der Waals surface area contributed by atoms with Crippen molar-refractivity contribution in [3.63, 3.8) is 0 Å². The van der Waals surface area contributed by atoms with Crippen molar-refractivity contribution >= 4 is 0 Å². The first-order valence-corrected chi connectivity index (χ1v) is 7.36. The summed E-state index contributed by atoms with van der Waals surface area (Å²) in [5.74, 6) is 0.790. The van der Waals surface area contributed by atoms with Crippen LogP contribution in [0.5, 0.6) is 0 Å². The predicted molar refractivity (Wildman–Crippen MR) is 80.0 cm³/mol. The van der Waals surface area contributed by atoms with Crippen LogP contribution in [0.1, 0.15) is 41.0 Å². The van der Waals surface area contributed by atoms with Gasteiger partial charge in [0.05, 0.1) is 0 Å². The Balaban J connectivity index is 2.33. The maximum atomic E-state index is 3.58. The lowest BCUT2D eigenvalue weighted by atomic mass is 10.1. The van der Waals surface area contributed by atoms with Gasteiger partial charge < -0.3 is 10.2 Å². The molecular weight excluding hydrogens is 222 g/mol. The summed E-state index contributed by atoms with van der Waals surface area (Å²) in [6, 6.07) is 1.41. The summed E-state index contributed by atoms with van der Waals surface area (Å²) in [4.78, 5) is 5.03. The maximum absolute atomic E-state index is 3.58. The van der Waals surface area contributed by atoms with E-state index in [-0.39, 0.29) is 5.54 Å². The van der Waals surface area contributed by atoms with Gasteiger partial charge >= 0.3 is 0 Å². The Hall–Kier alpha value is -0.120. The number of rotatable bonds is 5. The summed E-state index contributed by atoms with van der Waals surface area (Å²) < 4.78 is 0. The van der Waals surface area contributed by atoms with Crippen LogP contribution in [0.3, 0.4) is 0 Å². The van der Waals surface area contributed by atoms with Crippen LogP contribution in [0.25, 0.3) is 0 Å². The smallest absolute Gasteiger partial charge is 0.0254 e. The molecule has 1 fully saturated rings. The van der Waals surface area contributed by atoms with Crippen LogP contribution in [0.2, 0.25) is 0 Å². The summed E-state index contributed by atoms with van der Waals surface area (Å²) in [7, 11) is 4.41. The van der Waals surface area contributed by atoms with Gasteiger partial charge in [-0.3, -0.25) is 4.90 Å². The van der Waals surface area contributed by atoms with Crippen molar-refractivity contribution in [3.8, 4) is 0 Å². The molecule has 1 rings (SSSR count). The molecule has 3 nitrogen and oxygen atoms in total. The zero-order valence-corrected chi connectivity index (χ0v) is 13.5. The molecule has 0 saturated carbocycles. The minimum absolute atomic E-state index is 0.240. The quantitative estimate of drug-likeness (QED) is 0.811. The lowest BCUT2D eigenvalue weighted by molar-refractivity contribution is 0.213. The Labute approximate surface area is 114 Å². The Morgan fingerprint density at radius 1 is 1.28 bits per heavy atom. The van der Waals surface area contributed by atoms with Crippen LogP contribution in [-0.4, -0.2) is 61.2 Å². The van der Waals surface area contributed by atoms with E-state index in [1.807, 2.05) is 0 Å². The molecule has 108 valence electrons. The van der Waals surface area contributed by atoms with E-state index in [0.29, 0.717) is 6.04 Å². The summed E-state index contributed by atoms with van der Waals surface area (Å²) in [5.41, 5.74) is 0.240. The predicted octanol–water partition coefficient (Wildman–Crippen LogP) is 2.04. The molecule has 18 heavy (non-hydrogen) atoms. The van der Waals surface area contributed by atoms with E-state index in [4.69, 9.17) is 0 Å². The molecule has 0 bridgehead atoms. The Kier molecular flexibility index (Phi) is 5.63. The number of hydrogen-bond donors (Lipinski definition) is 1. The van der Waals surface area contributed by atoms with Crippen LogP contribution < -0.4 is 5.32 Å². The summed E-state index contributed by atoms with van der Waals surface area (Å²) in [6.45, 7) is 15.0. The van der Waals surface area contributed by atoms with Gasteiger partial charge in [-0.25, -0.2) is 0 Å². The molecule has 0 aromatic heterocycles. The van der Waals surface area contributed by atoms with Crippen LogP contribution in [0.4, 0.5) is 0 Å². The molecule has 1 N–H and O–H groups in total. The first-order valence-electron chi connectivity index (χ1n) is 7.36. The Bertz CT molecular complexity index is 245. The molecule has 0 aromatic rings. The molecule has 3 heteroatoms. The number of likely N-dealkylation sites (N-methyl/N-ethyl adjacent to an activating group) is 1. The highest BCUT2D eigenvalue weighted by molar-refractivity contribution is 4.89. The molecule has 0 amide bonds. The van der Waals surface area contributed by atoms with Crippen LogP contribution in [0.15, 0.2) is 0 Å². The molecular formula is C15H33N3. The van der Waals surface area contributed by atoms with Gasteiger partial charge in [0.2, 0.25) is 0 Å². The van der Waals surface area contributed by atoms with Gasteiger partial charge in [-0.15, -0.1) is 0 Å². The van der Waals surface area contributed by atoms with E-state index in [9.17, 15) is 0 Å². The lowest BCUT2D eigenvalue weighted by Crippen LogP contribution is -2.41. The molecule has 3 atom stereocenters. The zero-order chi connectivity index (χ0) is 13.9. The molecule has 3 unspecified atom stereocenters. The van der Waals surface area contributed by atoms with Gasteiger partial charge in [-0.1, -0.05) is 6.92 Å². The topological polar surface area (TPSA) is 18.5 Å². The van der Waals surface area contributed by atoms with Crippen molar-refractivity contribution in [3.05, 3.63) is 0 Å². The molecule has 0 radical (unpaired) electrons. The summed E-state index contributed by atoms with van der Waals surface area (Å²) in [6.07, 6.45) is 1.24. The fraction of sp³-hybridized carbons (Fsp3) is 1.00. The maximum Gasteiger partial charge on any atom is 0.0254 e. The van der Waals surface area contributed by atoms with Crippen molar-refractivity contribution in [2.75, 3.05) is 33.7 Å². The molecule has 0 aromatic carbocycles. The highest BCUT2D eigenvalue weighted by Crippen LogP contribution is 2.22. The fourth-order valence-electron chi connectivity index (χ4n) is 2.86. The SMILES string of the molecule is CC1CN(C(C)CCNC(C)(C)C)CC1N(C)C. The largest absolute Gasteiger partial charge is 0.312 e. The van der Waals surface area contributed by atoms with E-state index < -0.39 is 0 Å². The number of hydrogen-bond acceptors (Lipinski definition) is 3. The van der Waals surface area contributed by atoms with E-state index >= 15 is 0 Å². The van der Waals surface area contributed by atoms with Crippen molar-refractivity contribution in [2.24, 2.45) is 5.92 Å². The van der Waals surface area contributed by atoms with E-state index in [1.165, 1.54) is 19.5 Å². The summed E-state index contributed by atoms with van der Waals surface area (Å²) >= 11 is 0. The van der Waals surface area contributed by atoms with Crippen molar-refractivity contribution in [2.45, 2.75) is 58.7 Å². The second-order valence-corrected chi connectivity index (χ2v) is 7.28. The van der Waals surface area contributed by atoms with Gasteiger partial charge in [-0.05, 0) is 60.7 Å². The standard InChI is InChI=1S/C15H33N3/c1-12-10-18(11-14(12)17(6)7)13(2)8-9-16-15(3,4)5/h12-14,16H,8-11H2,1-7H3. The average Bonchev–Trinajstić information content (AvgIpc) is 2.58. The second kappa shape index (κ2) is 6.36. The van der Waals surface area contributed by atoms with Crippen molar-refractivity contribution < 1.29 is 0 Å². The van der Waals surface area contributed by atoms with Gasteiger partial charge in [0.1, 0.15) is 0 Å². The van der Waals surface area contributed by atoms with E-state index in [0.717, 1.165) is 18.5 Å². The third kappa shape index (κ3) is 4.87. The lowest BCUT2D eigenvalue weighted by Gasteiger charge is -2.27. The number of likely N-dealkylation sites (tertiary alicyclic amines) is 1. The first-order chi connectivity index (χ1) is 8.20. The molecule has 1 heterocycles. The van der Waals surface area contributed by atoms with Crippen molar-refractivity contribution in [1.82, 2.24) is 15.1 Å². The van der Waals surface area contributed by atoms with Gasteiger partial charge in [-0.2, -0.15) is 0 Å². The van der Waals surface area contributed by atoms with Crippen LogP contribution in [-0.2, 0) is 0 Å². The molecule has 1 aliphatic heterocycles. The van der Waals surface area contributed by atoms with Crippen LogP contribution in [0, 0.1) is 5.92 Å². The third-order valence-electron chi connectivity index (χ3n) is 4.10. The molecule has 0 aliphatic carbocycles. The minimum atomic E-state index is 0.240. The highest BCUT2D eigenvalue weighted by Gasteiger charge is 2.32. The van der Waals surface area contributed by atoms with E-state index in [1.54, 1.807) is 0 Å². The summed E-state index contributed by atoms with van der Waals surface area (Å²) in [5, 5.41) is 3.58. The number of nitrogens with one attached hydrogen (secondary N) is 1. The molecule has 0 spiro atoms. The van der Waals surface area contributed by atoms with Gasteiger partial charge in [0.25, 0.3) is 0 Å². The first kappa shape index (κ1) is 15.9. The fourth-order valence-corrected chi connectivity index (χ4v) is 2.86. The van der Waals surface area contributed by atoms with Gasteiger partial charge in [0, 0.05) is 30.7 Å². The normalized spacial score (nSPS) is 28.0. The van der Waals surface area contributed by atoms with E-state index in [2.05, 4.69) is 63.8 Å². The highest BCUT2D eigenvalue weighted by atomic mass is 15.3. The van der Waals surface area contributed by atoms with Crippen LogP contribution >= 0.6 is 0 Å². The third-order valence-corrected chi connectivity index (χ3v) is 4.10. The van der Waals surface area contributed by atoms with Gasteiger partial charge in [0.15, 0.2) is 0 Å². The monoisotopic (exact) mass is 255 g/mol. The Morgan fingerprint density at radius 3 is 2.33 bits per heavy atom. The minimum Gasteiger partial charge on any atom is -0.312 e. The molecule has 1 aliphatic rings. The average molecular weight is 255 g/mol. The second-order valence-electron chi connectivity index (χ2n) is 7.28. The Morgan fingerprint density at radius 2 is 1.89 bits per heavy atom. The number of nitrogens with zero attached hydrogens (tertiary/aromatic N) is 2. The zero-order valence-electron chi connectivity index (χ0n) is 13.5. The van der Waals surface area contributed by atoms with Crippen molar-refractivity contribution in [1.29, 1.82) is 0 Å².